The molecule has 5 atom stereocenters. The maximum Gasteiger partial charge on any atom is 0.264 e. The lowest BCUT2D eigenvalue weighted by Gasteiger charge is -2.56. The van der Waals surface area contributed by atoms with E-state index in [1.807, 2.05) is 68.6 Å². The third kappa shape index (κ3) is 2.38. The van der Waals surface area contributed by atoms with Crippen LogP contribution in [0.25, 0.3) is 10.9 Å². The van der Waals surface area contributed by atoms with E-state index >= 15 is 0 Å². The molecule has 5 aliphatic heterocycles. The molecular weight excluding hydrogens is 533 g/mol. The van der Waals surface area contributed by atoms with Crippen molar-refractivity contribution >= 4 is 69.6 Å². The second-order valence-corrected chi connectivity index (χ2v) is 16.1. The summed E-state index contributed by atoms with van der Waals surface area (Å²) < 4.78 is 0. The number of aromatic nitrogens is 1. The number of nitrogens with zero attached hydrogens (tertiary/aromatic N) is 2. The van der Waals surface area contributed by atoms with Gasteiger partial charge in [0.2, 0.25) is 4.87 Å². The van der Waals surface area contributed by atoms with Crippen LogP contribution in [0.15, 0.2) is 54.7 Å². The van der Waals surface area contributed by atoms with Crippen molar-refractivity contribution in [2.75, 3.05) is 12.4 Å². The molecule has 2 aromatic carbocycles. The van der Waals surface area contributed by atoms with Crippen LogP contribution in [0, 0.1) is 5.92 Å². The number of hydrogen-bond acceptors (Lipinski definition) is 8. The van der Waals surface area contributed by atoms with Crippen LogP contribution in [0.1, 0.15) is 25.0 Å². The molecule has 4 fully saturated rings. The van der Waals surface area contributed by atoms with Crippen LogP contribution < -0.4 is 5.32 Å². The Kier molecular flexibility index (Phi) is 4.88. The lowest BCUT2D eigenvalue weighted by atomic mass is 9.70. The Bertz CT molecular complexity index is 1450. The van der Waals surface area contributed by atoms with Crippen molar-refractivity contribution in [3.05, 3.63) is 65.9 Å². The molecule has 36 heavy (non-hydrogen) atoms. The van der Waals surface area contributed by atoms with Crippen LogP contribution >= 0.6 is 41.2 Å². The summed E-state index contributed by atoms with van der Waals surface area (Å²) >= 11 is 0. The van der Waals surface area contributed by atoms with Gasteiger partial charge in [-0.15, -0.1) is 0 Å². The van der Waals surface area contributed by atoms with Crippen molar-refractivity contribution in [3.8, 4) is 0 Å². The van der Waals surface area contributed by atoms with Gasteiger partial charge in [-0.3, -0.25) is 14.5 Å². The molecule has 0 aliphatic carbocycles. The van der Waals surface area contributed by atoms with Crippen molar-refractivity contribution in [1.82, 2.24) is 14.8 Å². The first-order valence-corrected chi connectivity index (χ1v) is 16.6. The predicted molar refractivity (Wildman–Crippen MR) is 149 cm³/mol. The molecule has 3 N–H and O–H groups in total. The zero-order valence-electron chi connectivity index (χ0n) is 19.7. The van der Waals surface area contributed by atoms with Gasteiger partial charge in [0.05, 0.1) is 5.41 Å². The van der Waals surface area contributed by atoms with Crippen molar-refractivity contribution in [2.24, 2.45) is 5.92 Å². The van der Waals surface area contributed by atoms with Crippen LogP contribution in [0.5, 0.6) is 0 Å². The van der Waals surface area contributed by atoms with Crippen molar-refractivity contribution < 1.29 is 14.7 Å². The fourth-order valence-electron chi connectivity index (χ4n) is 6.70. The number of likely N-dealkylation sites (N-methyl/N-ethyl adjacent to an activating group) is 1. The van der Waals surface area contributed by atoms with Gasteiger partial charge >= 0.3 is 0 Å². The van der Waals surface area contributed by atoms with E-state index in [4.69, 9.17) is 0 Å². The number of nitrogens with one attached hydrogen (secondary N) is 2. The number of aliphatic hydroxyl groups is 1. The van der Waals surface area contributed by atoms with Gasteiger partial charge < -0.3 is 20.3 Å². The highest BCUT2D eigenvalue weighted by molar-refractivity contribution is 9.26. The van der Waals surface area contributed by atoms with Crippen molar-refractivity contribution in [1.29, 1.82) is 0 Å². The first-order valence-electron chi connectivity index (χ1n) is 11.8. The zero-order valence-corrected chi connectivity index (χ0v) is 23.0. The minimum atomic E-state index is -1.48. The topological polar surface area (TPSA) is 88.7 Å². The summed E-state index contributed by atoms with van der Waals surface area (Å²) in [6.07, 6.45) is 0.103. The third-order valence-corrected chi connectivity index (χ3v) is 15.9. The molecule has 2 amide bonds. The molecule has 2 bridgehead atoms. The summed E-state index contributed by atoms with van der Waals surface area (Å²) in [5.41, 5.74) is 2.53. The number of hydrogen-bond donors (Lipinski definition) is 3. The van der Waals surface area contributed by atoms with Gasteiger partial charge in [0.1, 0.15) is 12.3 Å². The highest BCUT2D eigenvalue weighted by Gasteiger charge is 2.80. The van der Waals surface area contributed by atoms with Gasteiger partial charge in [-0.05, 0) is 70.4 Å². The Hall–Kier alpha value is -1.92. The van der Waals surface area contributed by atoms with Crippen LogP contribution in [0.3, 0.4) is 0 Å². The monoisotopic (exact) mass is 556 g/mol. The van der Waals surface area contributed by atoms with E-state index < -0.39 is 27.4 Å². The van der Waals surface area contributed by atoms with Gasteiger partial charge in [0.25, 0.3) is 11.8 Å². The minimum Gasteiger partial charge on any atom is -0.388 e. The van der Waals surface area contributed by atoms with E-state index in [9.17, 15) is 14.7 Å². The third-order valence-electron chi connectivity index (χ3n) is 8.32. The predicted octanol–water partition coefficient (Wildman–Crippen LogP) is 4.62. The summed E-state index contributed by atoms with van der Waals surface area (Å²) in [5, 5.41) is 17.2. The second-order valence-electron chi connectivity index (χ2n) is 10.0. The van der Waals surface area contributed by atoms with E-state index in [0.29, 0.717) is 0 Å². The van der Waals surface area contributed by atoms with Crippen LogP contribution in [0.2, 0.25) is 0 Å². The number of carbonyl (C=O) groups excluding carboxylic acids is 2. The molecule has 11 heteroatoms. The Morgan fingerprint density at radius 3 is 2.50 bits per heavy atom. The van der Waals surface area contributed by atoms with Crippen LogP contribution in [-0.4, -0.2) is 60.8 Å². The fraction of sp³-hybridized carbons (Fsp3) is 0.360. The van der Waals surface area contributed by atoms with Gasteiger partial charge in [-0.1, -0.05) is 50.2 Å². The van der Waals surface area contributed by atoms with Crippen molar-refractivity contribution in [2.45, 2.75) is 41.3 Å². The number of benzene rings is 2. The number of aliphatic hydroxyl groups excluding tert-OH is 1. The smallest absolute Gasteiger partial charge is 0.264 e. The molecule has 1 aromatic heterocycles. The molecule has 4 saturated heterocycles. The highest BCUT2D eigenvalue weighted by atomic mass is 33.7. The average Bonchev–Trinajstić information content (AvgIpc) is 3.49. The number of aromatic amines is 1. The fourth-order valence-corrected chi connectivity index (χ4v) is 14.8. The number of anilines is 1. The summed E-state index contributed by atoms with van der Waals surface area (Å²) in [7, 11) is 7.41. The quantitative estimate of drug-likeness (QED) is 0.394. The lowest BCUT2D eigenvalue weighted by Crippen LogP contribution is -2.76. The maximum atomic E-state index is 14.7. The summed E-state index contributed by atoms with van der Waals surface area (Å²) in [4.78, 5) is 33.2. The SMILES string of the molecule is CC(C)C12SSSSC3(C(=O)N1C)C(O)C1(c4c[nH]c5ccccc45)c4ccccc4NC1N3C2=O. The number of fused-ring (bicyclic) bond motifs is 8. The maximum absolute atomic E-state index is 14.7. The molecule has 7 nitrogen and oxygen atoms in total. The number of para-hydroxylation sites is 2. The zero-order chi connectivity index (χ0) is 25.0. The van der Waals surface area contributed by atoms with E-state index in [2.05, 4.69) is 10.3 Å². The van der Waals surface area contributed by atoms with E-state index in [1.54, 1.807) is 16.8 Å². The van der Waals surface area contributed by atoms with E-state index in [-0.39, 0.29) is 17.7 Å². The van der Waals surface area contributed by atoms with Gasteiger partial charge in [0.15, 0.2) is 4.87 Å². The van der Waals surface area contributed by atoms with E-state index in [0.717, 1.165) is 27.7 Å². The van der Waals surface area contributed by atoms with Crippen LogP contribution in [0.4, 0.5) is 5.69 Å². The highest BCUT2D eigenvalue weighted by Crippen LogP contribution is 2.70. The summed E-state index contributed by atoms with van der Waals surface area (Å²) in [5.74, 6) is -0.514. The number of amides is 2. The molecule has 3 aromatic rings. The number of H-pyrrole nitrogens is 1. The Balaban J connectivity index is 1.58. The second kappa shape index (κ2) is 7.57. The Morgan fingerprint density at radius 1 is 0.972 bits per heavy atom. The molecule has 5 unspecified atom stereocenters. The first kappa shape index (κ1) is 23.2. The standard InChI is InChI=1S/C25H24N4O3S4/c1-13(2)24-22(32)29-20-23(15-9-5-7-11-18(15)27-20,16-12-26-17-10-6-4-8-14(16)17)19(30)25(29,21(31)28(24)3)34-36-35-33-24/h4-13,19-20,26-27,30H,1-3H3. The molecule has 0 saturated carbocycles. The molecule has 6 heterocycles. The minimum absolute atomic E-state index is 0.137. The lowest BCUT2D eigenvalue weighted by molar-refractivity contribution is -0.169. The number of piperazine rings is 1. The molecule has 5 aliphatic rings. The Labute approximate surface area is 223 Å². The summed E-state index contributed by atoms with van der Waals surface area (Å²) in [6, 6.07) is 15.9. The number of carbonyl (C=O) groups is 2. The number of rotatable bonds is 2. The molecular formula is C25H24N4O3S4. The normalized spacial score (nSPS) is 35.0. The van der Waals surface area contributed by atoms with Gasteiger partial charge in [-0.25, -0.2) is 0 Å². The van der Waals surface area contributed by atoms with Gasteiger partial charge in [0, 0.05) is 29.8 Å². The summed E-state index contributed by atoms with van der Waals surface area (Å²) in [6.45, 7) is 3.97. The molecule has 186 valence electrons. The molecule has 8 rings (SSSR count). The van der Waals surface area contributed by atoms with Gasteiger partial charge in [-0.2, -0.15) is 0 Å². The molecule has 1 spiro atoms. The van der Waals surface area contributed by atoms with Crippen molar-refractivity contribution in [3.63, 3.8) is 0 Å². The first-order chi connectivity index (χ1) is 17.3. The van der Waals surface area contributed by atoms with Crippen LogP contribution in [-0.2, 0) is 15.0 Å². The average molecular weight is 557 g/mol. The molecule has 0 radical (unpaired) electrons. The largest absolute Gasteiger partial charge is 0.388 e. The Morgan fingerprint density at radius 2 is 1.69 bits per heavy atom. The van der Waals surface area contributed by atoms with E-state index in [1.165, 1.54) is 41.2 Å².